The summed E-state index contributed by atoms with van der Waals surface area (Å²) in [5, 5.41) is 0. The number of hydrogen-bond donors (Lipinski definition) is 0. The SMILES string of the molecule is C=C1C=CCC2Cc3c(Br)cccc3C12. The Bertz CT molecular complexity index is 456. The first-order chi connectivity index (χ1) is 7.27. The maximum Gasteiger partial charge on any atom is 0.0210 e. The summed E-state index contributed by atoms with van der Waals surface area (Å²) in [7, 11) is 0. The maximum absolute atomic E-state index is 4.18. The van der Waals surface area contributed by atoms with Gasteiger partial charge < -0.3 is 0 Å². The number of rotatable bonds is 0. The Hall–Kier alpha value is -0.820. The largest absolute Gasteiger partial charge is 0.0952 e. The molecular formula is C14H13Br. The van der Waals surface area contributed by atoms with Crippen LogP contribution in [0.4, 0.5) is 0 Å². The first-order valence-corrected chi connectivity index (χ1v) is 6.19. The van der Waals surface area contributed by atoms with Gasteiger partial charge in [0, 0.05) is 10.4 Å². The molecule has 15 heavy (non-hydrogen) atoms. The fraction of sp³-hybridized carbons (Fsp3) is 0.286. The number of fused-ring (bicyclic) bond motifs is 3. The van der Waals surface area contributed by atoms with Crippen LogP contribution >= 0.6 is 15.9 Å². The highest BCUT2D eigenvalue weighted by Crippen LogP contribution is 2.48. The van der Waals surface area contributed by atoms with Crippen LogP contribution in [0.2, 0.25) is 0 Å². The van der Waals surface area contributed by atoms with Gasteiger partial charge in [0.15, 0.2) is 0 Å². The molecule has 0 spiro atoms. The molecule has 2 unspecified atom stereocenters. The average molecular weight is 261 g/mol. The van der Waals surface area contributed by atoms with Crippen molar-refractivity contribution in [3.8, 4) is 0 Å². The van der Waals surface area contributed by atoms with Crippen molar-refractivity contribution in [2.45, 2.75) is 18.8 Å². The zero-order valence-corrected chi connectivity index (χ0v) is 10.1. The summed E-state index contributed by atoms with van der Waals surface area (Å²) in [5.41, 5.74) is 4.27. The van der Waals surface area contributed by atoms with Gasteiger partial charge in [0.25, 0.3) is 0 Å². The van der Waals surface area contributed by atoms with Crippen molar-refractivity contribution in [3.05, 3.63) is 58.1 Å². The quantitative estimate of drug-likeness (QED) is 0.655. The minimum atomic E-state index is 0.572. The second-order valence-corrected chi connectivity index (χ2v) is 5.32. The molecule has 0 saturated carbocycles. The van der Waals surface area contributed by atoms with Crippen LogP contribution in [0.25, 0.3) is 0 Å². The van der Waals surface area contributed by atoms with E-state index in [0.29, 0.717) is 5.92 Å². The fourth-order valence-electron chi connectivity index (χ4n) is 2.94. The molecule has 0 fully saturated rings. The molecule has 3 rings (SSSR count). The Morgan fingerprint density at radius 2 is 2.20 bits per heavy atom. The lowest BCUT2D eigenvalue weighted by Crippen LogP contribution is -2.11. The van der Waals surface area contributed by atoms with Crippen LogP contribution in [0, 0.1) is 5.92 Å². The molecule has 2 atom stereocenters. The van der Waals surface area contributed by atoms with E-state index < -0.39 is 0 Å². The molecule has 1 heteroatoms. The lowest BCUT2D eigenvalue weighted by Gasteiger charge is -2.23. The van der Waals surface area contributed by atoms with Crippen molar-refractivity contribution in [1.82, 2.24) is 0 Å². The molecule has 1 aromatic rings. The molecule has 0 nitrogen and oxygen atoms in total. The molecule has 0 N–H and O–H groups in total. The van der Waals surface area contributed by atoms with E-state index in [2.05, 4.69) is 52.9 Å². The van der Waals surface area contributed by atoms with Gasteiger partial charge in [-0.25, -0.2) is 0 Å². The van der Waals surface area contributed by atoms with Crippen LogP contribution in [0.15, 0.2) is 47.0 Å². The minimum absolute atomic E-state index is 0.572. The van der Waals surface area contributed by atoms with E-state index in [-0.39, 0.29) is 0 Å². The lowest BCUT2D eigenvalue weighted by molar-refractivity contribution is 0.499. The predicted octanol–water partition coefficient (Wildman–Crippen LogP) is 4.22. The second-order valence-electron chi connectivity index (χ2n) is 4.46. The van der Waals surface area contributed by atoms with Crippen molar-refractivity contribution >= 4 is 15.9 Å². The topological polar surface area (TPSA) is 0 Å². The van der Waals surface area contributed by atoms with Crippen LogP contribution < -0.4 is 0 Å². The summed E-state index contributed by atoms with van der Waals surface area (Å²) < 4.78 is 1.27. The molecule has 76 valence electrons. The van der Waals surface area contributed by atoms with Gasteiger partial charge in [0.2, 0.25) is 0 Å². The van der Waals surface area contributed by atoms with E-state index in [9.17, 15) is 0 Å². The molecule has 2 aliphatic rings. The number of halogens is 1. The first-order valence-electron chi connectivity index (χ1n) is 5.40. The van der Waals surface area contributed by atoms with Gasteiger partial charge in [-0.2, -0.15) is 0 Å². The summed E-state index contributed by atoms with van der Waals surface area (Å²) in [5.74, 6) is 1.32. The van der Waals surface area contributed by atoms with Crippen molar-refractivity contribution < 1.29 is 0 Å². The monoisotopic (exact) mass is 260 g/mol. The Labute approximate surface area is 98.8 Å². The average Bonchev–Trinajstić information content (AvgIpc) is 2.59. The van der Waals surface area contributed by atoms with Crippen molar-refractivity contribution in [2.75, 3.05) is 0 Å². The van der Waals surface area contributed by atoms with E-state index >= 15 is 0 Å². The third-order valence-electron chi connectivity index (χ3n) is 3.60. The van der Waals surface area contributed by atoms with Crippen molar-refractivity contribution in [2.24, 2.45) is 5.92 Å². The molecule has 2 aliphatic carbocycles. The summed E-state index contributed by atoms with van der Waals surface area (Å²) in [6.07, 6.45) is 6.86. The Morgan fingerprint density at radius 1 is 1.33 bits per heavy atom. The first kappa shape index (κ1) is 9.41. The van der Waals surface area contributed by atoms with Crippen LogP contribution in [0.1, 0.15) is 23.5 Å². The minimum Gasteiger partial charge on any atom is -0.0952 e. The number of hydrogen-bond acceptors (Lipinski definition) is 0. The third-order valence-corrected chi connectivity index (χ3v) is 4.34. The van der Waals surface area contributed by atoms with Gasteiger partial charge in [0.05, 0.1) is 0 Å². The fourth-order valence-corrected chi connectivity index (χ4v) is 3.48. The van der Waals surface area contributed by atoms with E-state index in [4.69, 9.17) is 0 Å². The van der Waals surface area contributed by atoms with Gasteiger partial charge in [-0.3, -0.25) is 0 Å². The molecule has 0 heterocycles. The van der Waals surface area contributed by atoms with Gasteiger partial charge >= 0.3 is 0 Å². The van der Waals surface area contributed by atoms with E-state index in [1.807, 2.05) is 0 Å². The highest BCUT2D eigenvalue weighted by atomic mass is 79.9. The standard InChI is InChI=1S/C14H13Br/c1-9-4-2-5-10-8-12-11(14(9)10)6-3-7-13(12)15/h2-4,6-7,10,14H,1,5,8H2. The zero-order valence-electron chi connectivity index (χ0n) is 8.54. The highest BCUT2D eigenvalue weighted by Gasteiger charge is 2.35. The molecule has 0 aromatic heterocycles. The van der Waals surface area contributed by atoms with Crippen LogP contribution in [-0.2, 0) is 6.42 Å². The Kier molecular flexibility index (Phi) is 2.10. The lowest BCUT2D eigenvalue weighted by atomic mass is 9.81. The van der Waals surface area contributed by atoms with Gasteiger partial charge in [-0.1, -0.05) is 46.8 Å². The highest BCUT2D eigenvalue weighted by molar-refractivity contribution is 9.10. The third kappa shape index (κ3) is 1.33. The van der Waals surface area contributed by atoms with Crippen LogP contribution in [-0.4, -0.2) is 0 Å². The van der Waals surface area contributed by atoms with Gasteiger partial charge in [0.1, 0.15) is 0 Å². The Morgan fingerprint density at radius 3 is 3.07 bits per heavy atom. The van der Waals surface area contributed by atoms with Crippen LogP contribution in [0.5, 0.6) is 0 Å². The number of benzene rings is 1. The molecule has 1 aromatic carbocycles. The van der Waals surface area contributed by atoms with E-state index in [0.717, 1.165) is 5.92 Å². The normalized spacial score (nSPS) is 27.7. The summed E-state index contributed by atoms with van der Waals surface area (Å²) in [6, 6.07) is 6.54. The van der Waals surface area contributed by atoms with Gasteiger partial charge in [-0.05, 0) is 41.5 Å². The molecule has 0 radical (unpaired) electrons. The molecular weight excluding hydrogens is 248 g/mol. The van der Waals surface area contributed by atoms with Crippen molar-refractivity contribution in [3.63, 3.8) is 0 Å². The molecule has 0 amide bonds. The van der Waals surface area contributed by atoms with Gasteiger partial charge in [-0.15, -0.1) is 0 Å². The smallest absolute Gasteiger partial charge is 0.0210 e. The summed E-state index contributed by atoms with van der Waals surface area (Å²) >= 11 is 3.65. The summed E-state index contributed by atoms with van der Waals surface area (Å²) in [4.78, 5) is 0. The van der Waals surface area contributed by atoms with E-state index in [1.54, 1.807) is 0 Å². The predicted molar refractivity (Wildman–Crippen MR) is 67.0 cm³/mol. The summed E-state index contributed by atoms with van der Waals surface area (Å²) in [6.45, 7) is 4.18. The van der Waals surface area contributed by atoms with E-state index in [1.165, 1.54) is 34.0 Å². The molecule has 0 saturated heterocycles. The number of allylic oxidation sites excluding steroid dienone is 3. The molecule has 0 aliphatic heterocycles. The Balaban J connectivity index is 2.15. The zero-order chi connectivity index (χ0) is 10.4. The molecule has 0 bridgehead atoms. The second kappa shape index (κ2) is 3.34. The van der Waals surface area contributed by atoms with Crippen molar-refractivity contribution in [1.29, 1.82) is 0 Å². The maximum atomic E-state index is 4.18. The van der Waals surface area contributed by atoms with Crippen LogP contribution in [0.3, 0.4) is 0 Å².